The van der Waals surface area contributed by atoms with Crippen molar-refractivity contribution in [2.45, 2.75) is 41.0 Å². The Bertz CT molecular complexity index is 611. The molecule has 0 aliphatic heterocycles. The summed E-state index contributed by atoms with van der Waals surface area (Å²) in [6.07, 6.45) is 1.03. The average molecular weight is 400 g/mol. The SMILES string of the molecule is CC.Cc1cc(-c2nc(Br)sc2CC(C)C)ccc1OCCO. The molecule has 0 radical (unpaired) electrons. The molecule has 0 saturated heterocycles. The van der Waals surface area contributed by atoms with Gasteiger partial charge in [-0.25, -0.2) is 4.98 Å². The van der Waals surface area contributed by atoms with Crippen molar-refractivity contribution < 1.29 is 9.84 Å². The Balaban J connectivity index is 0.00000127. The predicted octanol–water partition coefficient (Wildman–Crippen LogP) is 5.48. The molecule has 1 N–H and O–H groups in total. The smallest absolute Gasteiger partial charge is 0.160 e. The van der Waals surface area contributed by atoms with Gasteiger partial charge in [-0.2, -0.15) is 0 Å². The van der Waals surface area contributed by atoms with Crippen molar-refractivity contribution >= 4 is 27.3 Å². The quantitative estimate of drug-likeness (QED) is 0.699. The summed E-state index contributed by atoms with van der Waals surface area (Å²) in [6.45, 7) is 10.8. The van der Waals surface area contributed by atoms with Crippen LogP contribution in [0.5, 0.6) is 5.75 Å². The monoisotopic (exact) mass is 399 g/mol. The summed E-state index contributed by atoms with van der Waals surface area (Å²) in [4.78, 5) is 5.93. The minimum atomic E-state index is 0.0265. The number of aromatic nitrogens is 1. The third-order valence-corrected chi connectivity index (χ3v) is 4.59. The first-order valence-electron chi connectivity index (χ1n) is 8.01. The zero-order chi connectivity index (χ0) is 17.4. The third-order valence-electron chi connectivity index (χ3n) is 3.06. The molecule has 2 aromatic rings. The van der Waals surface area contributed by atoms with Crippen LogP contribution in [0.1, 0.15) is 38.1 Å². The minimum Gasteiger partial charge on any atom is -0.491 e. The second-order valence-electron chi connectivity index (χ2n) is 5.39. The van der Waals surface area contributed by atoms with Gasteiger partial charge in [0.05, 0.1) is 12.3 Å². The van der Waals surface area contributed by atoms with E-state index in [9.17, 15) is 0 Å². The summed E-state index contributed by atoms with van der Waals surface area (Å²) in [7, 11) is 0. The van der Waals surface area contributed by atoms with E-state index in [4.69, 9.17) is 9.84 Å². The van der Waals surface area contributed by atoms with Gasteiger partial charge in [-0.1, -0.05) is 27.7 Å². The molecule has 0 saturated carbocycles. The lowest BCUT2D eigenvalue weighted by Gasteiger charge is -2.10. The van der Waals surface area contributed by atoms with Crippen LogP contribution in [0.2, 0.25) is 0 Å². The minimum absolute atomic E-state index is 0.0265. The topological polar surface area (TPSA) is 42.4 Å². The number of thiazole rings is 1. The van der Waals surface area contributed by atoms with E-state index in [1.165, 1.54) is 4.88 Å². The van der Waals surface area contributed by atoms with E-state index in [2.05, 4.69) is 40.8 Å². The molecule has 0 fully saturated rings. The van der Waals surface area contributed by atoms with Crippen LogP contribution in [0.25, 0.3) is 11.3 Å². The van der Waals surface area contributed by atoms with Crippen LogP contribution in [-0.4, -0.2) is 23.3 Å². The van der Waals surface area contributed by atoms with E-state index in [-0.39, 0.29) is 6.61 Å². The van der Waals surface area contributed by atoms with Crippen molar-refractivity contribution in [3.63, 3.8) is 0 Å². The summed E-state index contributed by atoms with van der Waals surface area (Å²) in [5, 5.41) is 8.84. The van der Waals surface area contributed by atoms with Gasteiger partial charge in [-0.05, 0) is 59.0 Å². The summed E-state index contributed by atoms with van der Waals surface area (Å²) in [5.74, 6) is 1.41. The van der Waals surface area contributed by atoms with Crippen molar-refractivity contribution in [2.24, 2.45) is 5.92 Å². The molecule has 1 aromatic carbocycles. The third kappa shape index (κ3) is 5.90. The number of nitrogens with zero attached hydrogens (tertiary/aromatic N) is 1. The molecule has 23 heavy (non-hydrogen) atoms. The molecule has 5 heteroatoms. The highest BCUT2D eigenvalue weighted by Gasteiger charge is 2.14. The van der Waals surface area contributed by atoms with Crippen LogP contribution in [0, 0.1) is 12.8 Å². The van der Waals surface area contributed by atoms with Crippen LogP contribution < -0.4 is 4.74 Å². The fourth-order valence-electron chi connectivity index (χ4n) is 2.17. The lowest BCUT2D eigenvalue weighted by Crippen LogP contribution is -2.02. The molecule has 0 spiro atoms. The van der Waals surface area contributed by atoms with E-state index in [1.54, 1.807) is 11.3 Å². The molecule has 0 amide bonds. The van der Waals surface area contributed by atoms with Gasteiger partial charge in [0.1, 0.15) is 12.4 Å². The zero-order valence-electron chi connectivity index (χ0n) is 14.5. The Kier molecular flexibility index (Phi) is 8.81. The molecule has 2 rings (SSSR count). The van der Waals surface area contributed by atoms with Crippen molar-refractivity contribution in [3.05, 3.63) is 32.6 Å². The summed E-state index contributed by atoms with van der Waals surface area (Å²) < 4.78 is 6.42. The molecule has 1 heterocycles. The molecule has 3 nitrogen and oxygen atoms in total. The van der Waals surface area contributed by atoms with Crippen molar-refractivity contribution in [1.82, 2.24) is 4.98 Å². The Labute approximate surface area is 151 Å². The number of aliphatic hydroxyl groups excluding tert-OH is 1. The Morgan fingerprint density at radius 2 is 2.00 bits per heavy atom. The maximum absolute atomic E-state index is 8.84. The molecule has 1 aromatic heterocycles. The van der Waals surface area contributed by atoms with Crippen molar-refractivity contribution in [1.29, 1.82) is 0 Å². The van der Waals surface area contributed by atoms with E-state index in [0.717, 1.165) is 32.9 Å². The number of rotatable bonds is 6. The van der Waals surface area contributed by atoms with Gasteiger partial charge in [-0.3, -0.25) is 0 Å². The van der Waals surface area contributed by atoms with Crippen LogP contribution in [-0.2, 0) is 6.42 Å². The molecule has 128 valence electrons. The fourth-order valence-corrected chi connectivity index (χ4v) is 3.95. The van der Waals surface area contributed by atoms with E-state index >= 15 is 0 Å². The molecule has 0 atom stereocenters. The Hall–Kier alpha value is -0.910. The van der Waals surface area contributed by atoms with Gasteiger partial charge in [0.2, 0.25) is 0 Å². The van der Waals surface area contributed by atoms with Crippen molar-refractivity contribution in [3.8, 4) is 17.0 Å². The first-order valence-corrected chi connectivity index (χ1v) is 9.62. The van der Waals surface area contributed by atoms with Crippen LogP contribution >= 0.6 is 27.3 Å². The first-order chi connectivity index (χ1) is 11.0. The number of ether oxygens (including phenoxy) is 1. The Morgan fingerprint density at radius 3 is 2.57 bits per heavy atom. The maximum atomic E-state index is 8.84. The van der Waals surface area contributed by atoms with Crippen LogP contribution in [0.3, 0.4) is 0 Å². The highest BCUT2D eigenvalue weighted by molar-refractivity contribution is 9.11. The van der Waals surface area contributed by atoms with Gasteiger partial charge in [-0.15, -0.1) is 11.3 Å². The van der Waals surface area contributed by atoms with Gasteiger partial charge >= 0.3 is 0 Å². The average Bonchev–Trinajstić information content (AvgIpc) is 2.88. The number of hydrogen-bond donors (Lipinski definition) is 1. The first kappa shape index (κ1) is 20.1. The molecular weight excluding hydrogens is 374 g/mol. The molecular formula is C18H26BrNO2S. The largest absolute Gasteiger partial charge is 0.491 e. The summed E-state index contributed by atoms with van der Waals surface area (Å²) in [6, 6.07) is 6.08. The number of aryl methyl sites for hydroxylation is 1. The second kappa shape index (κ2) is 10.1. The van der Waals surface area contributed by atoms with Crippen LogP contribution in [0.15, 0.2) is 22.1 Å². The highest BCUT2D eigenvalue weighted by Crippen LogP contribution is 2.34. The standard InChI is InChI=1S/C16H20BrNO2S.C2H6/c1-10(2)8-14-15(18-16(17)21-14)12-4-5-13(11(3)9-12)20-7-6-19;1-2/h4-5,9-10,19H,6-8H2,1-3H3;1-2H3. The van der Waals surface area contributed by atoms with Crippen molar-refractivity contribution in [2.75, 3.05) is 13.2 Å². The summed E-state index contributed by atoms with van der Waals surface area (Å²) >= 11 is 5.20. The highest BCUT2D eigenvalue weighted by atomic mass is 79.9. The number of halogens is 1. The Morgan fingerprint density at radius 1 is 1.30 bits per heavy atom. The van der Waals surface area contributed by atoms with Gasteiger partial charge < -0.3 is 9.84 Å². The van der Waals surface area contributed by atoms with Gasteiger partial charge in [0, 0.05) is 10.4 Å². The van der Waals surface area contributed by atoms with E-state index in [0.29, 0.717) is 12.5 Å². The normalized spacial score (nSPS) is 10.4. The number of benzene rings is 1. The van der Waals surface area contributed by atoms with E-state index < -0.39 is 0 Å². The lowest BCUT2D eigenvalue weighted by atomic mass is 10.0. The summed E-state index contributed by atoms with van der Waals surface area (Å²) in [5.41, 5.74) is 3.22. The molecule has 0 aliphatic carbocycles. The number of aliphatic hydroxyl groups is 1. The molecule has 0 bridgehead atoms. The fraction of sp³-hybridized carbons (Fsp3) is 0.500. The van der Waals surface area contributed by atoms with Gasteiger partial charge in [0.15, 0.2) is 3.92 Å². The maximum Gasteiger partial charge on any atom is 0.160 e. The zero-order valence-corrected chi connectivity index (χ0v) is 16.9. The molecule has 0 unspecified atom stereocenters. The molecule has 0 aliphatic rings. The van der Waals surface area contributed by atoms with Gasteiger partial charge in [0.25, 0.3) is 0 Å². The van der Waals surface area contributed by atoms with E-state index in [1.807, 2.05) is 32.9 Å². The predicted molar refractivity (Wildman–Crippen MR) is 102 cm³/mol. The van der Waals surface area contributed by atoms with Crippen LogP contribution in [0.4, 0.5) is 0 Å². The lowest BCUT2D eigenvalue weighted by molar-refractivity contribution is 0.200. The second-order valence-corrected chi connectivity index (χ2v) is 7.75. The number of hydrogen-bond acceptors (Lipinski definition) is 4.